The summed E-state index contributed by atoms with van der Waals surface area (Å²) in [4.78, 5) is 28.7. The molecule has 0 N–H and O–H groups in total. The number of amides is 1. The van der Waals surface area contributed by atoms with Crippen LogP contribution in [0.4, 0.5) is 0 Å². The lowest BCUT2D eigenvalue weighted by molar-refractivity contribution is -0.140. The first kappa shape index (κ1) is 22.6. The van der Waals surface area contributed by atoms with Crippen LogP contribution < -0.4 is 4.74 Å². The third-order valence-corrected chi connectivity index (χ3v) is 6.26. The SMILES string of the molecule is COC(=O)CCCC(=O)N1CCCOc2cccc(c2)CCC2CCCCN2CC1. The van der Waals surface area contributed by atoms with E-state index in [1.54, 1.807) is 0 Å². The number of ether oxygens (including phenoxy) is 2. The number of rotatable bonds is 4. The predicted molar refractivity (Wildman–Crippen MR) is 117 cm³/mol. The molecule has 1 aromatic rings. The Morgan fingerprint density at radius 1 is 1.07 bits per heavy atom. The van der Waals surface area contributed by atoms with E-state index in [0.717, 1.165) is 44.6 Å². The highest BCUT2D eigenvalue weighted by atomic mass is 16.5. The third-order valence-electron chi connectivity index (χ3n) is 6.26. The zero-order valence-electron chi connectivity index (χ0n) is 18.3. The van der Waals surface area contributed by atoms with Crippen molar-refractivity contribution in [2.24, 2.45) is 0 Å². The third kappa shape index (κ3) is 7.01. The average Bonchev–Trinajstić information content (AvgIpc) is 2.77. The second kappa shape index (κ2) is 11.9. The molecular formula is C24H36N2O4. The zero-order chi connectivity index (χ0) is 21.2. The van der Waals surface area contributed by atoms with E-state index in [-0.39, 0.29) is 11.9 Å². The van der Waals surface area contributed by atoms with Gasteiger partial charge >= 0.3 is 5.97 Å². The topological polar surface area (TPSA) is 59.1 Å². The van der Waals surface area contributed by atoms with Crippen LogP contribution in [0.3, 0.4) is 0 Å². The zero-order valence-corrected chi connectivity index (χ0v) is 18.3. The number of methoxy groups -OCH3 is 1. The lowest BCUT2D eigenvalue weighted by atomic mass is 9.95. The summed E-state index contributed by atoms with van der Waals surface area (Å²) in [6.07, 6.45) is 8.01. The van der Waals surface area contributed by atoms with Crippen molar-refractivity contribution >= 4 is 11.9 Å². The summed E-state index contributed by atoms with van der Waals surface area (Å²) in [6, 6.07) is 9.03. The van der Waals surface area contributed by atoms with Gasteiger partial charge < -0.3 is 14.4 Å². The fourth-order valence-electron chi connectivity index (χ4n) is 4.51. The van der Waals surface area contributed by atoms with Crippen molar-refractivity contribution in [2.75, 3.05) is 39.9 Å². The van der Waals surface area contributed by atoms with Crippen LogP contribution in [0.2, 0.25) is 0 Å². The maximum absolute atomic E-state index is 12.8. The molecule has 1 aromatic carbocycles. The molecule has 0 spiro atoms. The number of esters is 1. The summed E-state index contributed by atoms with van der Waals surface area (Å²) in [6.45, 7) is 4.09. The number of benzene rings is 1. The smallest absolute Gasteiger partial charge is 0.305 e. The van der Waals surface area contributed by atoms with E-state index in [1.807, 2.05) is 11.0 Å². The molecule has 2 aliphatic heterocycles. The lowest BCUT2D eigenvalue weighted by Gasteiger charge is -2.37. The Labute approximate surface area is 180 Å². The minimum absolute atomic E-state index is 0.126. The standard InChI is InChI=1S/C24H36N2O4/c1-29-24(28)11-5-10-23(27)26-15-6-18-30-22-9-4-7-20(19-22)12-13-21-8-2-3-14-25(21)16-17-26/h4,7,9,19,21H,2-3,5-6,8,10-18H2,1H3. The highest BCUT2D eigenvalue weighted by molar-refractivity contribution is 5.77. The quantitative estimate of drug-likeness (QED) is 0.704. The van der Waals surface area contributed by atoms with Crippen molar-refractivity contribution in [3.05, 3.63) is 29.8 Å². The molecular weight excluding hydrogens is 380 g/mol. The minimum atomic E-state index is -0.254. The Hall–Kier alpha value is -2.08. The molecule has 1 amide bonds. The average molecular weight is 417 g/mol. The van der Waals surface area contributed by atoms with Crippen LogP contribution in [0, 0.1) is 0 Å². The van der Waals surface area contributed by atoms with E-state index in [0.29, 0.717) is 38.5 Å². The van der Waals surface area contributed by atoms with Gasteiger partial charge in [0.2, 0.25) is 5.91 Å². The normalized spacial score (nSPS) is 21.1. The monoisotopic (exact) mass is 416 g/mol. The fourth-order valence-corrected chi connectivity index (χ4v) is 4.51. The molecule has 2 aliphatic rings. The van der Waals surface area contributed by atoms with Gasteiger partial charge in [0.1, 0.15) is 5.75 Å². The summed E-state index contributed by atoms with van der Waals surface area (Å²) < 4.78 is 10.6. The number of piperidine rings is 1. The molecule has 6 nitrogen and oxygen atoms in total. The molecule has 1 saturated heterocycles. The lowest BCUT2D eigenvalue weighted by Crippen LogP contribution is -2.45. The molecule has 0 saturated carbocycles. The second-order valence-corrected chi connectivity index (χ2v) is 8.38. The van der Waals surface area contributed by atoms with Crippen molar-refractivity contribution in [3.8, 4) is 5.75 Å². The molecule has 2 heterocycles. The Kier molecular flexibility index (Phi) is 9.00. The summed E-state index contributed by atoms with van der Waals surface area (Å²) in [5, 5.41) is 0. The molecule has 1 fully saturated rings. The van der Waals surface area contributed by atoms with Crippen LogP contribution in [0.5, 0.6) is 5.75 Å². The molecule has 1 atom stereocenters. The van der Waals surface area contributed by atoms with Crippen LogP contribution in [0.25, 0.3) is 0 Å². The Bertz CT molecular complexity index is 694. The summed E-state index contributed by atoms with van der Waals surface area (Å²) in [7, 11) is 1.38. The minimum Gasteiger partial charge on any atom is -0.494 e. The summed E-state index contributed by atoms with van der Waals surface area (Å²) in [5.41, 5.74) is 1.34. The predicted octanol–water partition coefficient (Wildman–Crippen LogP) is 3.43. The molecule has 2 bridgehead atoms. The first-order valence-corrected chi connectivity index (χ1v) is 11.5. The van der Waals surface area contributed by atoms with Crippen LogP contribution in [-0.4, -0.2) is 67.6 Å². The van der Waals surface area contributed by atoms with Gasteiger partial charge in [0, 0.05) is 38.5 Å². The van der Waals surface area contributed by atoms with Crippen molar-refractivity contribution in [2.45, 2.75) is 63.8 Å². The maximum atomic E-state index is 12.8. The molecule has 166 valence electrons. The number of aryl methyl sites for hydroxylation is 1. The van der Waals surface area contributed by atoms with Crippen LogP contribution in [0.15, 0.2) is 24.3 Å². The van der Waals surface area contributed by atoms with Crippen molar-refractivity contribution in [3.63, 3.8) is 0 Å². The first-order valence-electron chi connectivity index (χ1n) is 11.5. The number of carbonyl (C=O) groups is 2. The van der Waals surface area contributed by atoms with Gasteiger partial charge in [0.25, 0.3) is 0 Å². The number of carbonyl (C=O) groups excluding carboxylic acids is 2. The molecule has 6 heteroatoms. The van der Waals surface area contributed by atoms with E-state index in [1.165, 1.54) is 31.9 Å². The Morgan fingerprint density at radius 2 is 1.97 bits per heavy atom. The van der Waals surface area contributed by atoms with Gasteiger partial charge in [0.15, 0.2) is 0 Å². The van der Waals surface area contributed by atoms with Crippen molar-refractivity contribution in [1.82, 2.24) is 9.80 Å². The molecule has 0 aromatic heterocycles. The first-order chi connectivity index (χ1) is 14.7. The molecule has 1 unspecified atom stereocenters. The van der Waals surface area contributed by atoms with E-state index in [4.69, 9.17) is 4.74 Å². The van der Waals surface area contributed by atoms with Gasteiger partial charge in [-0.25, -0.2) is 0 Å². The number of nitrogens with zero attached hydrogens (tertiary/aromatic N) is 2. The molecule has 0 radical (unpaired) electrons. The number of hydrogen-bond acceptors (Lipinski definition) is 5. The maximum Gasteiger partial charge on any atom is 0.305 e. The van der Waals surface area contributed by atoms with E-state index < -0.39 is 0 Å². The van der Waals surface area contributed by atoms with Gasteiger partial charge in [-0.1, -0.05) is 18.6 Å². The number of fused-ring (bicyclic) bond motifs is 3. The van der Waals surface area contributed by atoms with Crippen LogP contribution in [0.1, 0.15) is 56.9 Å². The summed E-state index contributed by atoms with van der Waals surface area (Å²) >= 11 is 0. The van der Waals surface area contributed by atoms with Crippen molar-refractivity contribution in [1.29, 1.82) is 0 Å². The van der Waals surface area contributed by atoms with Gasteiger partial charge in [-0.15, -0.1) is 0 Å². The van der Waals surface area contributed by atoms with Gasteiger partial charge in [-0.05, 0) is 62.8 Å². The largest absolute Gasteiger partial charge is 0.494 e. The molecule has 30 heavy (non-hydrogen) atoms. The van der Waals surface area contributed by atoms with E-state index in [9.17, 15) is 9.59 Å². The second-order valence-electron chi connectivity index (χ2n) is 8.38. The highest BCUT2D eigenvalue weighted by Crippen LogP contribution is 2.23. The highest BCUT2D eigenvalue weighted by Gasteiger charge is 2.24. The molecule has 0 aliphatic carbocycles. The molecule has 3 rings (SSSR count). The van der Waals surface area contributed by atoms with E-state index in [2.05, 4.69) is 27.8 Å². The Morgan fingerprint density at radius 3 is 2.83 bits per heavy atom. The van der Waals surface area contributed by atoms with Gasteiger partial charge in [-0.3, -0.25) is 14.5 Å². The van der Waals surface area contributed by atoms with Crippen LogP contribution >= 0.6 is 0 Å². The van der Waals surface area contributed by atoms with Crippen LogP contribution in [-0.2, 0) is 20.7 Å². The van der Waals surface area contributed by atoms with Crippen molar-refractivity contribution < 1.29 is 19.1 Å². The van der Waals surface area contributed by atoms with Gasteiger partial charge in [0.05, 0.1) is 13.7 Å². The number of hydrogen-bond donors (Lipinski definition) is 0. The fraction of sp³-hybridized carbons (Fsp3) is 0.667. The Balaban J connectivity index is 1.64. The summed E-state index contributed by atoms with van der Waals surface area (Å²) in [5.74, 6) is 0.790. The van der Waals surface area contributed by atoms with E-state index >= 15 is 0 Å². The van der Waals surface area contributed by atoms with Gasteiger partial charge in [-0.2, -0.15) is 0 Å².